The molecule has 1 aromatic heterocycles. The number of benzene rings is 11. The Morgan fingerprint density at radius 3 is 1.58 bits per heavy atom. The maximum atomic E-state index is 7.04. The molecule has 12 rings (SSSR count). The van der Waals surface area contributed by atoms with E-state index in [4.69, 9.17) is 4.42 Å². The number of anilines is 3. The van der Waals surface area contributed by atoms with Gasteiger partial charge in [-0.1, -0.05) is 200 Å². The lowest BCUT2D eigenvalue weighted by Crippen LogP contribution is -2.13. The molecule has 2 heteroatoms. The number of para-hydroxylation sites is 3. The Labute approximate surface area is 360 Å². The van der Waals surface area contributed by atoms with Gasteiger partial charge in [0.25, 0.3) is 0 Å². The highest BCUT2D eigenvalue weighted by Gasteiger charge is 2.27. The van der Waals surface area contributed by atoms with Crippen molar-refractivity contribution in [1.82, 2.24) is 0 Å². The first-order chi connectivity index (χ1) is 30.8. The van der Waals surface area contributed by atoms with Crippen LogP contribution in [0.1, 0.15) is 0 Å². The smallest absolute Gasteiger partial charge is 0.145 e. The summed E-state index contributed by atoms with van der Waals surface area (Å²) in [6.45, 7) is 0. The molecule has 290 valence electrons. The summed E-state index contributed by atoms with van der Waals surface area (Å²) in [6, 6.07) is 85.5. The summed E-state index contributed by atoms with van der Waals surface area (Å²) in [5.74, 6) is 0. The van der Waals surface area contributed by atoms with Crippen LogP contribution in [0.5, 0.6) is 0 Å². The van der Waals surface area contributed by atoms with E-state index in [1.807, 2.05) is 0 Å². The van der Waals surface area contributed by atoms with E-state index in [1.54, 1.807) is 0 Å². The molecule has 0 radical (unpaired) electrons. The SMILES string of the molecule is c1ccc(-c2ccccc2-c2ccccc2N(c2ccccc2-c2cc3ccccc3c3ccccc23)c2ccc(-c3cccc4ccccc34)c3oc4ccccc4c23)cc1. The first kappa shape index (κ1) is 35.7. The molecule has 0 aliphatic rings. The molecule has 1 heterocycles. The van der Waals surface area contributed by atoms with Crippen LogP contribution in [0, 0.1) is 0 Å². The minimum Gasteiger partial charge on any atom is -0.455 e. The van der Waals surface area contributed by atoms with Crippen LogP contribution in [-0.4, -0.2) is 0 Å². The van der Waals surface area contributed by atoms with Gasteiger partial charge in [-0.3, -0.25) is 0 Å². The first-order valence-electron chi connectivity index (χ1n) is 21.3. The molecule has 0 saturated heterocycles. The molecule has 0 fully saturated rings. The topological polar surface area (TPSA) is 16.4 Å². The normalized spacial score (nSPS) is 11.5. The van der Waals surface area contributed by atoms with E-state index in [0.29, 0.717) is 0 Å². The molecule has 0 bridgehead atoms. The summed E-state index contributed by atoms with van der Waals surface area (Å²) in [6.07, 6.45) is 0. The molecule has 0 saturated carbocycles. The van der Waals surface area contributed by atoms with Gasteiger partial charge in [0.15, 0.2) is 0 Å². The van der Waals surface area contributed by atoms with E-state index in [9.17, 15) is 0 Å². The summed E-state index contributed by atoms with van der Waals surface area (Å²) in [4.78, 5) is 2.49. The molecule has 0 amide bonds. The van der Waals surface area contributed by atoms with Crippen LogP contribution in [-0.2, 0) is 0 Å². The van der Waals surface area contributed by atoms with Gasteiger partial charge in [0, 0.05) is 22.1 Å². The Balaban J connectivity index is 1.20. The second-order valence-corrected chi connectivity index (χ2v) is 15.9. The molecule has 62 heavy (non-hydrogen) atoms. The van der Waals surface area contributed by atoms with Gasteiger partial charge in [-0.25, -0.2) is 0 Å². The summed E-state index contributed by atoms with van der Waals surface area (Å²) < 4.78 is 7.04. The molecule has 0 N–H and O–H groups in total. The summed E-state index contributed by atoms with van der Waals surface area (Å²) >= 11 is 0. The quantitative estimate of drug-likeness (QED) is 0.150. The van der Waals surface area contributed by atoms with Gasteiger partial charge in [0.05, 0.1) is 22.4 Å². The van der Waals surface area contributed by atoms with Gasteiger partial charge in [-0.15, -0.1) is 0 Å². The lowest BCUT2D eigenvalue weighted by Gasteiger charge is -2.31. The first-order valence-corrected chi connectivity index (χ1v) is 21.3. The average molecular weight is 790 g/mol. The maximum Gasteiger partial charge on any atom is 0.145 e. The van der Waals surface area contributed by atoms with Gasteiger partial charge in [-0.2, -0.15) is 0 Å². The summed E-state index contributed by atoms with van der Waals surface area (Å²) in [5.41, 5.74) is 14.1. The lowest BCUT2D eigenvalue weighted by molar-refractivity contribution is 0.670. The van der Waals surface area contributed by atoms with Crippen molar-refractivity contribution in [3.63, 3.8) is 0 Å². The average Bonchev–Trinajstić information content (AvgIpc) is 3.75. The number of hydrogen-bond acceptors (Lipinski definition) is 2. The van der Waals surface area contributed by atoms with Crippen molar-refractivity contribution in [2.24, 2.45) is 0 Å². The third-order valence-corrected chi connectivity index (χ3v) is 12.5. The van der Waals surface area contributed by atoms with E-state index in [2.05, 4.69) is 241 Å². The Kier molecular flexibility index (Phi) is 8.53. The largest absolute Gasteiger partial charge is 0.455 e. The molecule has 11 aromatic carbocycles. The minimum atomic E-state index is 0.855. The molecule has 0 spiro atoms. The van der Waals surface area contributed by atoms with Crippen LogP contribution in [0.15, 0.2) is 241 Å². The molecular weight excluding hydrogens is 751 g/mol. The highest BCUT2D eigenvalue weighted by atomic mass is 16.3. The van der Waals surface area contributed by atoms with Gasteiger partial charge < -0.3 is 9.32 Å². The monoisotopic (exact) mass is 789 g/mol. The molecule has 0 atom stereocenters. The van der Waals surface area contributed by atoms with Crippen molar-refractivity contribution in [2.75, 3.05) is 4.90 Å². The van der Waals surface area contributed by atoms with Crippen molar-refractivity contribution in [1.29, 1.82) is 0 Å². The van der Waals surface area contributed by atoms with Gasteiger partial charge in [-0.05, 0) is 96.5 Å². The van der Waals surface area contributed by atoms with Gasteiger partial charge in [0.2, 0.25) is 0 Å². The molecule has 12 aromatic rings. The second kappa shape index (κ2) is 14.8. The van der Waals surface area contributed by atoms with Crippen molar-refractivity contribution in [3.8, 4) is 44.5 Å². The van der Waals surface area contributed by atoms with E-state index in [1.165, 1.54) is 49.0 Å². The highest BCUT2D eigenvalue weighted by Crippen LogP contribution is 2.52. The minimum absolute atomic E-state index is 0.855. The van der Waals surface area contributed by atoms with E-state index in [0.717, 1.165) is 66.8 Å². The highest BCUT2D eigenvalue weighted by molar-refractivity contribution is 6.20. The van der Waals surface area contributed by atoms with Crippen LogP contribution in [0.2, 0.25) is 0 Å². The third-order valence-electron chi connectivity index (χ3n) is 12.5. The predicted molar refractivity (Wildman–Crippen MR) is 263 cm³/mol. The van der Waals surface area contributed by atoms with Crippen LogP contribution >= 0.6 is 0 Å². The number of fused-ring (bicyclic) bond motifs is 7. The fourth-order valence-corrected chi connectivity index (χ4v) is 9.72. The van der Waals surface area contributed by atoms with Crippen molar-refractivity contribution in [3.05, 3.63) is 237 Å². The van der Waals surface area contributed by atoms with Crippen LogP contribution in [0.4, 0.5) is 17.1 Å². The molecule has 2 nitrogen and oxygen atoms in total. The molecular formula is C60H39NO. The Morgan fingerprint density at radius 2 is 0.806 bits per heavy atom. The van der Waals surface area contributed by atoms with Crippen molar-refractivity contribution >= 4 is 71.3 Å². The Morgan fingerprint density at radius 1 is 0.274 bits per heavy atom. The van der Waals surface area contributed by atoms with Crippen LogP contribution in [0.25, 0.3) is 98.8 Å². The molecule has 0 aliphatic carbocycles. The van der Waals surface area contributed by atoms with E-state index in [-0.39, 0.29) is 0 Å². The summed E-state index contributed by atoms with van der Waals surface area (Å²) in [7, 11) is 0. The van der Waals surface area contributed by atoms with E-state index >= 15 is 0 Å². The van der Waals surface area contributed by atoms with Gasteiger partial charge in [0.1, 0.15) is 11.2 Å². The standard InChI is InChI=1S/C60H39NO/c1-2-19-40(20-3-1)43-25-8-9-28-47(43)50-30-12-15-34-55(50)61(56-35-16-13-31-51(56)54-39-42-22-5-7-26-45(42)46-27-10-11-29-49(46)54)57-38-37-52(48-33-18-23-41-21-4-6-24-44(41)48)60-59(57)53-32-14-17-36-58(53)62-60/h1-39H. The number of rotatable bonds is 7. The Bertz CT molecular complexity index is 3650. The van der Waals surface area contributed by atoms with Crippen LogP contribution < -0.4 is 4.90 Å². The zero-order valence-corrected chi connectivity index (χ0v) is 33.9. The maximum absolute atomic E-state index is 7.04. The second-order valence-electron chi connectivity index (χ2n) is 15.9. The van der Waals surface area contributed by atoms with Crippen LogP contribution in [0.3, 0.4) is 0 Å². The van der Waals surface area contributed by atoms with E-state index < -0.39 is 0 Å². The lowest BCUT2D eigenvalue weighted by atomic mass is 9.90. The molecule has 0 unspecified atom stereocenters. The number of hydrogen-bond donors (Lipinski definition) is 0. The zero-order chi connectivity index (χ0) is 41.0. The van der Waals surface area contributed by atoms with Crippen molar-refractivity contribution in [2.45, 2.75) is 0 Å². The fraction of sp³-hybridized carbons (Fsp3) is 0. The van der Waals surface area contributed by atoms with Crippen molar-refractivity contribution < 1.29 is 4.42 Å². The Hall–Kier alpha value is -8.20. The fourth-order valence-electron chi connectivity index (χ4n) is 9.72. The summed E-state index contributed by atoms with van der Waals surface area (Å²) in [5, 5.41) is 9.44. The number of nitrogens with zero attached hydrogens (tertiary/aromatic N) is 1. The predicted octanol–water partition coefficient (Wildman–Crippen LogP) is 17.2. The molecule has 0 aliphatic heterocycles. The number of furan rings is 1. The third kappa shape index (κ3) is 5.80. The zero-order valence-electron chi connectivity index (χ0n) is 33.9. The van der Waals surface area contributed by atoms with Gasteiger partial charge >= 0.3 is 0 Å².